The molecule has 0 atom stereocenters. The van der Waals surface area contributed by atoms with Gasteiger partial charge in [-0.05, 0) is 46.2 Å². The largest absolute Gasteiger partial charge is 0.488 e. The summed E-state index contributed by atoms with van der Waals surface area (Å²) in [4.78, 5) is 0. The molecule has 5 aromatic carbocycles. The van der Waals surface area contributed by atoms with Crippen LogP contribution < -0.4 is 5.46 Å². The van der Waals surface area contributed by atoms with Crippen LogP contribution in [0.3, 0.4) is 0 Å². The molecule has 6 rings (SSSR count). The highest BCUT2D eigenvalue weighted by atomic mass is 16.4. The van der Waals surface area contributed by atoms with Crippen LogP contribution in [0.2, 0.25) is 0 Å². The van der Waals surface area contributed by atoms with Gasteiger partial charge in [0.25, 0.3) is 0 Å². The van der Waals surface area contributed by atoms with Crippen molar-refractivity contribution < 1.29 is 16.9 Å². The van der Waals surface area contributed by atoms with Gasteiger partial charge in [-0.15, -0.1) is 0 Å². The summed E-state index contributed by atoms with van der Waals surface area (Å²) in [5.41, 5.74) is 3.42. The molecule has 0 saturated carbocycles. The number of nitrogens with zero attached hydrogens (tertiary/aromatic N) is 1. The first-order chi connectivity index (χ1) is 17.8. The maximum absolute atomic E-state index is 9.95. The topological polar surface area (TPSA) is 45.4 Å². The average Bonchev–Trinajstić information content (AvgIpc) is 3.25. The van der Waals surface area contributed by atoms with Crippen LogP contribution in [0.15, 0.2) is 109 Å². The molecule has 2 N–H and O–H groups in total. The van der Waals surface area contributed by atoms with E-state index in [9.17, 15) is 10.0 Å². The lowest BCUT2D eigenvalue weighted by atomic mass is 9.79. The summed E-state index contributed by atoms with van der Waals surface area (Å²) >= 11 is 0. The molecule has 6 aromatic rings. The lowest BCUT2D eigenvalue weighted by Crippen LogP contribution is -2.29. The molecule has 0 fully saturated rings. The number of hydrogen-bond donors (Lipinski definition) is 2. The molecule has 3 nitrogen and oxygen atoms in total. The predicted molar refractivity (Wildman–Crippen MR) is 134 cm³/mol. The van der Waals surface area contributed by atoms with Gasteiger partial charge in [-0.2, -0.15) is 0 Å². The summed E-state index contributed by atoms with van der Waals surface area (Å²) in [6.45, 7) is 0. The first-order valence-electron chi connectivity index (χ1n) is 12.8. The zero-order chi connectivity index (χ0) is 26.0. The van der Waals surface area contributed by atoms with Crippen LogP contribution in [-0.2, 0) is 0 Å². The lowest BCUT2D eigenvalue weighted by Gasteiger charge is -2.12. The monoisotopic (exact) mass is 418 g/mol. The second-order valence-electron chi connectivity index (χ2n) is 7.69. The van der Waals surface area contributed by atoms with Crippen LogP contribution in [-0.4, -0.2) is 21.7 Å². The first-order valence-corrected chi connectivity index (χ1v) is 10.3. The van der Waals surface area contributed by atoms with E-state index in [-0.39, 0.29) is 17.8 Å². The molecule has 0 aliphatic rings. The first kappa shape index (κ1) is 14.3. The SMILES string of the molecule is [2H]c1c([2H])c([2H])c(-n2c3ccc(B(O)O)cc3c3c(-c4ccccc4)cc4ccccc4c32)c([2H])c1[2H]. The fourth-order valence-corrected chi connectivity index (χ4v) is 4.50. The normalized spacial score (nSPS) is 13.6. The van der Waals surface area contributed by atoms with Crippen LogP contribution in [0.4, 0.5) is 0 Å². The van der Waals surface area contributed by atoms with E-state index in [1.165, 1.54) is 0 Å². The standard InChI is InChI=1S/C28H20BNO2/c31-29(32)21-15-16-26-25(18-21)27-24(19-9-3-1-4-10-19)17-20-11-7-8-14-23(20)28(27)30(26)22-12-5-2-6-13-22/h1-18,31-32H/i2D,5D,6D,12D,13D. The number of para-hydroxylation sites is 1. The van der Waals surface area contributed by atoms with Crippen molar-refractivity contribution in [1.82, 2.24) is 4.57 Å². The van der Waals surface area contributed by atoms with Gasteiger partial charge in [0.1, 0.15) is 0 Å². The Morgan fingerprint density at radius 2 is 1.50 bits per heavy atom. The highest BCUT2D eigenvalue weighted by Gasteiger charge is 2.21. The maximum atomic E-state index is 9.95. The van der Waals surface area contributed by atoms with E-state index in [0.717, 1.165) is 27.3 Å². The summed E-state index contributed by atoms with van der Waals surface area (Å²) in [5.74, 6) is 0. The molecular formula is C28H20BNO2. The molecule has 0 unspecified atom stereocenters. The third-order valence-corrected chi connectivity index (χ3v) is 5.87. The minimum absolute atomic E-state index is 0.0404. The number of fused-ring (bicyclic) bond motifs is 5. The zero-order valence-corrected chi connectivity index (χ0v) is 16.9. The van der Waals surface area contributed by atoms with Crippen molar-refractivity contribution in [3.05, 3.63) is 109 Å². The van der Waals surface area contributed by atoms with E-state index in [0.29, 0.717) is 21.9 Å². The Labute approximate surface area is 193 Å². The van der Waals surface area contributed by atoms with E-state index in [2.05, 4.69) is 6.07 Å². The Morgan fingerprint density at radius 1 is 0.750 bits per heavy atom. The third kappa shape index (κ3) is 2.85. The fraction of sp³-hybridized carbons (Fsp3) is 0. The minimum atomic E-state index is -1.69. The van der Waals surface area contributed by atoms with Crippen molar-refractivity contribution in [2.45, 2.75) is 0 Å². The summed E-state index contributed by atoms with van der Waals surface area (Å²) in [7, 11) is -1.69. The van der Waals surface area contributed by atoms with Crippen LogP contribution >= 0.6 is 0 Å². The summed E-state index contributed by atoms with van der Waals surface area (Å²) in [5, 5.41) is 23.1. The summed E-state index contributed by atoms with van der Waals surface area (Å²) in [6, 6.07) is 22.6. The van der Waals surface area contributed by atoms with E-state index in [4.69, 9.17) is 6.85 Å². The van der Waals surface area contributed by atoms with E-state index < -0.39 is 25.2 Å². The number of hydrogen-bond acceptors (Lipinski definition) is 2. The quantitative estimate of drug-likeness (QED) is 0.384. The van der Waals surface area contributed by atoms with Crippen LogP contribution in [0.1, 0.15) is 6.85 Å². The van der Waals surface area contributed by atoms with Gasteiger partial charge < -0.3 is 14.6 Å². The van der Waals surface area contributed by atoms with Crippen LogP contribution in [0.25, 0.3) is 49.4 Å². The molecule has 0 bridgehead atoms. The summed E-state index contributed by atoms with van der Waals surface area (Å²) in [6.07, 6.45) is 0. The second-order valence-corrected chi connectivity index (χ2v) is 7.69. The van der Waals surface area contributed by atoms with Gasteiger partial charge in [0.2, 0.25) is 0 Å². The third-order valence-electron chi connectivity index (χ3n) is 5.87. The van der Waals surface area contributed by atoms with Gasteiger partial charge in [-0.25, -0.2) is 0 Å². The van der Waals surface area contributed by atoms with Gasteiger partial charge in [0, 0.05) is 21.8 Å². The van der Waals surface area contributed by atoms with Gasteiger partial charge in [-0.3, -0.25) is 0 Å². The highest BCUT2D eigenvalue weighted by molar-refractivity contribution is 6.59. The minimum Gasteiger partial charge on any atom is -0.423 e. The lowest BCUT2D eigenvalue weighted by molar-refractivity contribution is 0.426. The molecule has 0 radical (unpaired) electrons. The Hall–Kier alpha value is -3.86. The van der Waals surface area contributed by atoms with Crippen LogP contribution in [0, 0.1) is 0 Å². The molecule has 0 aliphatic carbocycles. The van der Waals surface area contributed by atoms with Crippen molar-refractivity contribution in [2.24, 2.45) is 0 Å². The molecule has 4 heteroatoms. The van der Waals surface area contributed by atoms with Gasteiger partial charge in [0.15, 0.2) is 0 Å². The molecular weight excluding hydrogens is 393 g/mol. The highest BCUT2D eigenvalue weighted by Crippen LogP contribution is 2.42. The Balaban J connectivity index is 1.94. The van der Waals surface area contributed by atoms with Crippen molar-refractivity contribution >= 4 is 45.2 Å². The summed E-state index contributed by atoms with van der Waals surface area (Å²) < 4.78 is 43.8. The average molecular weight is 418 g/mol. The van der Waals surface area contributed by atoms with Gasteiger partial charge in [-0.1, -0.05) is 84.9 Å². The number of aromatic nitrogens is 1. The fourth-order valence-electron chi connectivity index (χ4n) is 4.50. The number of rotatable bonds is 3. The van der Waals surface area contributed by atoms with Crippen LogP contribution in [0.5, 0.6) is 0 Å². The number of benzene rings is 5. The van der Waals surface area contributed by atoms with Crippen molar-refractivity contribution in [1.29, 1.82) is 0 Å². The molecule has 1 heterocycles. The Kier molecular flexibility index (Phi) is 3.29. The molecule has 0 spiro atoms. The smallest absolute Gasteiger partial charge is 0.423 e. The van der Waals surface area contributed by atoms with Crippen molar-refractivity contribution in [3.8, 4) is 16.8 Å². The van der Waals surface area contributed by atoms with Crippen molar-refractivity contribution in [2.75, 3.05) is 0 Å². The molecule has 0 saturated heterocycles. The van der Waals surface area contributed by atoms with Crippen molar-refractivity contribution in [3.63, 3.8) is 0 Å². The van der Waals surface area contributed by atoms with Gasteiger partial charge in [0.05, 0.1) is 17.9 Å². The molecule has 0 amide bonds. The molecule has 32 heavy (non-hydrogen) atoms. The Bertz CT molecular complexity index is 1840. The van der Waals surface area contributed by atoms with Gasteiger partial charge >= 0.3 is 7.12 Å². The van der Waals surface area contributed by atoms with E-state index in [1.54, 1.807) is 22.8 Å². The van der Waals surface area contributed by atoms with E-state index in [1.807, 2.05) is 54.6 Å². The molecule has 152 valence electrons. The van der Waals surface area contributed by atoms with E-state index >= 15 is 0 Å². The second kappa shape index (κ2) is 7.38. The predicted octanol–water partition coefficient (Wildman–Crippen LogP) is 5.28. The molecule has 0 aliphatic heterocycles. The zero-order valence-electron chi connectivity index (χ0n) is 21.9. The maximum Gasteiger partial charge on any atom is 0.488 e. The molecule has 1 aromatic heterocycles. The Morgan fingerprint density at radius 3 is 2.28 bits per heavy atom.